The summed E-state index contributed by atoms with van der Waals surface area (Å²) in [4.78, 5) is 63.6. The molecule has 3 aliphatic rings. The van der Waals surface area contributed by atoms with Crippen LogP contribution in [0.4, 0.5) is 0 Å². The van der Waals surface area contributed by atoms with Crippen molar-refractivity contribution in [2.24, 2.45) is 0 Å². The molecular weight excluding hydrogens is 609 g/mol. The van der Waals surface area contributed by atoms with E-state index in [4.69, 9.17) is 9.97 Å². The predicted octanol–water partition coefficient (Wildman–Crippen LogP) is 5.32. The van der Waals surface area contributed by atoms with E-state index in [1.54, 1.807) is 0 Å². The fourth-order valence-corrected chi connectivity index (χ4v) is 8.15. The largest absolute Gasteiger partial charge is 0.288 e. The molecule has 45 heavy (non-hydrogen) atoms. The second kappa shape index (κ2) is 9.41. The molecule has 0 bridgehead atoms. The van der Waals surface area contributed by atoms with Crippen LogP contribution < -0.4 is 0 Å². The summed E-state index contributed by atoms with van der Waals surface area (Å²) in [6, 6.07) is 12.6. The number of carbonyl (C=O) groups is 4. The SMILES string of the molecule is CC1(C)c2nc(C=C3C(=O)c4cc(C#N)c(C#N)cc4C3=O)sc2-c2sc(C=C3C(=O)c4cc(C#N)c(C#N)cc4C3=O)nc21. The first-order valence-corrected chi connectivity index (χ1v) is 14.8. The molecule has 7 rings (SSSR count). The topological polar surface area (TPSA) is 189 Å². The molecule has 0 spiro atoms. The third-order valence-electron chi connectivity index (χ3n) is 7.97. The quantitative estimate of drug-likeness (QED) is 0.209. The Kier molecular flexibility index (Phi) is 5.78. The lowest BCUT2D eigenvalue weighted by Gasteiger charge is -2.16. The number of Topliss-reactive ketones (excluding diaryl/α,β-unsaturated/α-hetero) is 4. The highest BCUT2D eigenvalue weighted by molar-refractivity contribution is 7.23. The summed E-state index contributed by atoms with van der Waals surface area (Å²) in [5.74, 6) is -2.19. The van der Waals surface area contributed by atoms with Crippen LogP contribution >= 0.6 is 22.7 Å². The third-order valence-corrected chi connectivity index (χ3v) is 10.1. The van der Waals surface area contributed by atoms with Crippen molar-refractivity contribution in [1.29, 1.82) is 21.0 Å². The lowest BCUT2D eigenvalue weighted by atomic mass is 9.90. The Morgan fingerprint density at radius 1 is 0.578 bits per heavy atom. The van der Waals surface area contributed by atoms with Crippen LogP contribution in [0.2, 0.25) is 0 Å². The summed E-state index contributed by atoms with van der Waals surface area (Å²) >= 11 is 2.53. The average molecular weight is 621 g/mol. The van der Waals surface area contributed by atoms with E-state index in [9.17, 15) is 40.2 Å². The lowest BCUT2D eigenvalue weighted by Crippen LogP contribution is -2.17. The normalized spacial score (nSPS) is 15.1. The number of carbonyl (C=O) groups excluding carboxylic acids is 4. The Hall–Kier alpha value is -6.18. The number of nitriles is 4. The molecule has 2 aromatic heterocycles. The van der Waals surface area contributed by atoms with Gasteiger partial charge < -0.3 is 0 Å². The number of hydrogen-bond donors (Lipinski definition) is 0. The van der Waals surface area contributed by atoms with Crippen molar-refractivity contribution in [3.8, 4) is 34.0 Å². The van der Waals surface area contributed by atoms with E-state index in [0.717, 1.165) is 9.75 Å². The molecule has 2 aromatic carbocycles. The Bertz CT molecular complexity index is 2150. The molecule has 0 atom stereocenters. The van der Waals surface area contributed by atoms with Gasteiger partial charge in [-0.15, -0.1) is 22.7 Å². The van der Waals surface area contributed by atoms with E-state index in [1.165, 1.54) is 59.1 Å². The Morgan fingerprint density at radius 2 is 0.867 bits per heavy atom. The molecule has 0 radical (unpaired) electrons. The molecule has 3 aliphatic carbocycles. The summed E-state index contributed by atoms with van der Waals surface area (Å²) in [6.07, 6.45) is 2.84. The number of fused-ring (bicyclic) bond motifs is 5. The molecule has 0 amide bonds. The van der Waals surface area contributed by atoms with E-state index in [1.807, 2.05) is 38.1 Å². The maximum absolute atomic E-state index is 13.1. The van der Waals surface area contributed by atoms with Crippen LogP contribution in [-0.4, -0.2) is 33.1 Å². The van der Waals surface area contributed by atoms with Gasteiger partial charge in [-0.3, -0.25) is 19.2 Å². The molecule has 0 saturated heterocycles. The average Bonchev–Trinajstić information content (AvgIpc) is 3.80. The monoisotopic (exact) mass is 620 g/mol. The maximum atomic E-state index is 13.1. The number of benzene rings is 2. The second-order valence-corrected chi connectivity index (χ2v) is 12.9. The summed E-state index contributed by atoms with van der Waals surface area (Å²) < 4.78 is 0. The van der Waals surface area contributed by atoms with E-state index in [0.29, 0.717) is 21.4 Å². The van der Waals surface area contributed by atoms with Gasteiger partial charge in [-0.1, -0.05) is 0 Å². The van der Waals surface area contributed by atoms with Crippen LogP contribution in [-0.2, 0) is 5.41 Å². The maximum Gasteiger partial charge on any atom is 0.197 e. The van der Waals surface area contributed by atoms with Crippen LogP contribution in [0.25, 0.3) is 21.9 Å². The van der Waals surface area contributed by atoms with Crippen LogP contribution in [0.3, 0.4) is 0 Å². The molecule has 12 heteroatoms. The van der Waals surface area contributed by atoms with Gasteiger partial charge >= 0.3 is 0 Å². The molecule has 2 heterocycles. The van der Waals surface area contributed by atoms with Gasteiger partial charge in [-0.2, -0.15) is 21.0 Å². The number of nitrogens with zero attached hydrogens (tertiary/aromatic N) is 6. The van der Waals surface area contributed by atoms with Gasteiger partial charge in [0.2, 0.25) is 0 Å². The molecule has 0 saturated carbocycles. The van der Waals surface area contributed by atoms with Crippen LogP contribution in [0.5, 0.6) is 0 Å². The minimum Gasteiger partial charge on any atom is -0.288 e. The second-order valence-electron chi connectivity index (χ2n) is 10.9. The van der Waals surface area contributed by atoms with Crippen molar-refractivity contribution < 1.29 is 19.2 Å². The fourth-order valence-electron chi connectivity index (χ4n) is 5.68. The molecule has 210 valence electrons. The minimum atomic E-state index is -0.669. The number of ketones is 4. The zero-order valence-electron chi connectivity index (χ0n) is 23.1. The summed E-state index contributed by atoms with van der Waals surface area (Å²) in [5, 5.41) is 38.2. The lowest BCUT2D eigenvalue weighted by molar-refractivity contribution is 0.0975. The van der Waals surface area contributed by atoms with Gasteiger partial charge in [-0.05, 0) is 50.3 Å². The Balaban J connectivity index is 1.25. The van der Waals surface area contributed by atoms with Crippen molar-refractivity contribution >= 4 is 58.0 Å². The summed E-state index contributed by atoms with van der Waals surface area (Å²) in [6.45, 7) is 3.85. The van der Waals surface area contributed by atoms with Gasteiger partial charge in [0.1, 0.15) is 34.3 Å². The van der Waals surface area contributed by atoms with Gasteiger partial charge in [0, 0.05) is 22.3 Å². The number of hydrogen-bond acceptors (Lipinski definition) is 12. The zero-order valence-corrected chi connectivity index (χ0v) is 24.7. The van der Waals surface area contributed by atoms with E-state index < -0.39 is 28.5 Å². The number of thiazole rings is 2. The Labute approximate surface area is 262 Å². The minimum absolute atomic E-state index is 0.0147. The summed E-state index contributed by atoms with van der Waals surface area (Å²) in [5.41, 5.74) is 0.852. The van der Waals surface area contributed by atoms with Gasteiger partial charge in [0.05, 0.1) is 60.0 Å². The summed E-state index contributed by atoms with van der Waals surface area (Å²) in [7, 11) is 0. The smallest absolute Gasteiger partial charge is 0.197 e. The van der Waals surface area contributed by atoms with Gasteiger partial charge in [0.15, 0.2) is 23.1 Å². The molecular formula is C33H12N6O4S2. The van der Waals surface area contributed by atoms with E-state index in [2.05, 4.69) is 0 Å². The van der Waals surface area contributed by atoms with Crippen LogP contribution in [0, 0.1) is 45.3 Å². The molecule has 0 fully saturated rings. The highest BCUT2D eigenvalue weighted by atomic mass is 32.1. The fraction of sp³-hybridized carbons (Fsp3) is 0.0909. The van der Waals surface area contributed by atoms with Gasteiger partial charge in [0.25, 0.3) is 0 Å². The van der Waals surface area contributed by atoms with Crippen LogP contribution in [0.15, 0.2) is 35.4 Å². The highest BCUT2D eigenvalue weighted by Gasteiger charge is 2.43. The molecule has 10 nitrogen and oxygen atoms in total. The van der Waals surface area contributed by atoms with Crippen molar-refractivity contribution in [3.05, 3.63) is 101 Å². The first-order valence-electron chi connectivity index (χ1n) is 13.1. The van der Waals surface area contributed by atoms with Crippen molar-refractivity contribution in [2.45, 2.75) is 19.3 Å². The Morgan fingerprint density at radius 3 is 1.13 bits per heavy atom. The number of allylic oxidation sites excluding steroid dienone is 2. The molecule has 0 N–H and O–H groups in total. The molecule has 0 unspecified atom stereocenters. The van der Waals surface area contributed by atoms with Crippen molar-refractivity contribution in [2.75, 3.05) is 0 Å². The molecule has 4 aromatic rings. The number of aromatic nitrogens is 2. The van der Waals surface area contributed by atoms with E-state index in [-0.39, 0.29) is 55.7 Å². The standard InChI is InChI=1S/C33H12N6O4S2/c1-33(2)31-29(44-23(38-31)7-21-25(40)17-3-13(9-34)14(10-35)4-18(17)26(21)41)30-32(33)39-24(45-30)8-22-27(42)19-5-15(11-36)16(12-37)6-20(19)28(22)43/h3-8H,1-2H3. The predicted molar refractivity (Wildman–Crippen MR) is 160 cm³/mol. The van der Waals surface area contributed by atoms with Crippen molar-refractivity contribution in [3.63, 3.8) is 0 Å². The van der Waals surface area contributed by atoms with E-state index >= 15 is 0 Å². The first kappa shape index (κ1) is 27.6. The van der Waals surface area contributed by atoms with Gasteiger partial charge in [-0.25, -0.2) is 9.97 Å². The van der Waals surface area contributed by atoms with Crippen molar-refractivity contribution in [1.82, 2.24) is 9.97 Å². The molecule has 0 aliphatic heterocycles. The zero-order chi connectivity index (χ0) is 31.9. The van der Waals surface area contributed by atoms with Crippen LogP contribution in [0.1, 0.15) is 98.9 Å². The third kappa shape index (κ3) is 3.75. The number of rotatable bonds is 2. The highest BCUT2D eigenvalue weighted by Crippen LogP contribution is 2.53. The first-order chi connectivity index (χ1) is 21.5.